The molecule has 7 rings (SSSR count). The molecule has 240 valence electrons. The number of nitrogens with zero attached hydrogens (tertiary/aromatic N) is 8. The lowest BCUT2D eigenvalue weighted by atomic mass is 10.0. The summed E-state index contributed by atoms with van der Waals surface area (Å²) in [5, 5.41) is 18.9. The fourth-order valence-electron chi connectivity index (χ4n) is 6.04. The van der Waals surface area contributed by atoms with E-state index in [0.717, 1.165) is 16.3 Å². The van der Waals surface area contributed by atoms with E-state index in [4.69, 9.17) is 20.6 Å². The minimum atomic E-state index is -0.190. The van der Waals surface area contributed by atoms with Crippen LogP contribution in [0.1, 0.15) is 34.9 Å². The van der Waals surface area contributed by atoms with Crippen LogP contribution in [-0.2, 0) is 29.0 Å². The van der Waals surface area contributed by atoms with Crippen molar-refractivity contribution in [2.45, 2.75) is 39.3 Å². The standard InChI is InChI=1S/C33H33N9O4S/c1-20-37-23(18-47-20)16-41-26(17-42-32-29(31(34)35-19-36-32)30(39-42)22-7-2-8-24(43)15-22)38-25-9-3-5-21(28(25)33(41)45)6-4-10-27(44)40-11-13-46-14-12-40/h2-3,5,7-9,15,18-19,43H,4,6,10-14,16-17H2,1H3,(H2,34,35,36). The predicted octanol–water partition coefficient (Wildman–Crippen LogP) is 3.53. The molecule has 1 saturated heterocycles. The number of hydrogen-bond acceptors (Lipinski definition) is 11. The third-order valence-electron chi connectivity index (χ3n) is 8.31. The van der Waals surface area contributed by atoms with Crippen LogP contribution in [0.25, 0.3) is 33.2 Å². The average molecular weight is 652 g/mol. The largest absolute Gasteiger partial charge is 0.508 e. The van der Waals surface area contributed by atoms with E-state index < -0.39 is 0 Å². The molecular formula is C33H33N9O4S. The number of thiazole rings is 1. The Morgan fingerprint density at radius 3 is 2.68 bits per heavy atom. The summed E-state index contributed by atoms with van der Waals surface area (Å²) in [6, 6.07) is 12.4. The molecule has 14 heteroatoms. The molecule has 0 atom stereocenters. The lowest BCUT2D eigenvalue weighted by Crippen LogP contribution is -2.40. The Balaban J connectivity index is 1.28. The van der Waals surface area contributed by atoms with Crippen molar-refractivity contribution in [1.29, 1.82) is 0 Å². The molecule has 47 heavy (non-hydrogen) atoms. The molecule has 1 amide bonds. The number of aromatic hydroxyl groups is 1. The quantitative estimate of drug-likeness (QED) is 0.236. The Morgan fingerprint density at radius 2 is 1.89 bits per heavy atom. The van der Waals surface area contributed by atoms with E-state index in [1.54, 1.807) is 27.4 Å². The number of nitrogen functional groups attached to an aromatic ring is 1. The number of carbonyl (C=O) groups excluding carboxylic acids is 1. The SMILES string of the molecule is Cc1nc(Cn2c(Cn3nc(-c4cccc(O)c4)c4c(N)ncnc43)nc3cccc(CCCC(=O)N4CCOCC4)c3c2=O)cs1. The highest BCUT2D eigenvalue weighted by atomic mass is 32.1. The summed E-state index contributed by atoms with van der Waals surface area (Å²) >= 11 is 1.52. The van der Waals surface area contributed by atoms with E-state index in [1.165, 1.54) is 17.7 Å². The molecule has 1 aliphatic rings. The Labute approximate surface area is 273 Å². The highest BCUT2D eigenvalue weighted by molar-refractivity contribution is 7.09. The van der Waals surface area contributed by atoms with Crippen molar-refractivity contribution in [2.24, 2.45) is 0 Å². The summed E-state index contributed by atoms with van der Waals surface area (Å²) in [6.07, 6.45) is 2.94. The lowest BCUT2D eigenvalue weighted by molar-refractivity contribution is -0.135. The molecule has 0 unspecified atom stereocenters. The van der Waals surface area contributed by atoms with Crippen LogP contribution in [0.15, 0.2) is 59.0 Å². The van der Waals surface area contributed by atoms with E-state index in [1.807, 2.05) is 41.5 Å². The first-order chi connectivity index (χ1) is 22.9. The molecular weight excluding hydrogens is 618 g/mol. The minimum absolute atomic E-state index is 0.0884. The van der Waals surface area contributed by atoms with Crippen molar-refractivity contribution < 1.29 is 14.6 Å². The molecule has 0 aliphatic carbocycles. The van der Waals surface area contributed by atoms with Crippen LogP contribution in [0, 0.1) is 6.92 Å². The van der Waals surface area contributed by atoms with Gasteiger partial charge in [0.05, 0.1) is 46.7 Å². The van der Waals surface area contributed by atoms with Crippen LogP contribution in [0.4, 0.5) is 5.82 Å². The lowest BCUT2D eigenvalue weighted by Gasteiger charge is -2.26. The van der Waals surface area contributed by atoms with Gasteiger partial charge < -0.3 is 20.5 Å². The Kier molecular flexibility index (Phi) is 8.35. The van der Waals surface area contributed by atoms with Gasteiger partial charge in [0.25, 0.3) is 5.56 Å². The highest BCUT2D eigenvalue weighted by Gasteiger charge is 2.22. The zero-order chi connectivity index (χ0) is 32.5. The van der Waals surface area contributed by atoms with Gasteiger partial charge in [-0.25, -0.2) is 24.6 Å². The zero-order valence-corrected chi connectivity index (χ0v) is 26.6. The molecule has 5 heterocycles. The van der Waals surface area contributed by atoms with E-state index in [9.17, 15) is 14.7 Å². The second-order valence-electron chi connectivity index (χ2n) is 11.4. The van der Waals surface area contributed by atoms with E-state index in [2.05, 4.69) is 15.0 Å². The van der Waals surface area contributed by atoms with Crippen molar-refractivity contribution >= 4 is 45.0 Å². The van der Waals surface area contributed by atoms with Crippen molar-refractivity contribution in [3.63, 3.8) is 0 Å². The molecule has 6 aromatic rings. The first kappa shape index (κ1) is 30.4. The van der Waals surface area contributed by atoms with Gasteiger partial charge in [-0.15, -0.1) is 11.3 Å². The van der Waals surface area contributed by atoms with Crippen LogP contribution < -0.4 is 11.3 Å². The number of morpholine rings is 1. The van der Waals surface area contributed by atoms with Crippen LogP contribution in [0.5, 0.6) is 5.75 Å². The van der Waals surface area contributed by atoms with Gasteiger partial charge in [-0.3, -0.25) is 14.2 Å². The molecule has 2 aromatic carbocycles. The maximum atomic E-state index is 14.4. The fraction of sp³-hybridized carbons (Fsp3) is 0.303. The minimum Gasteiger partial charge on any atom is -0.508 e. The number of rotatable bonds is 9. The van der Waals surface area contributed by atoms with Crippen LogP contribution >= 0.6 is 11.3 Å². The van der Waals surface area contributed by atoms with Gasteiger partial charge in [-0.2, -0.15) is 5.10 Å². The maximum absolute atomic E-state index is 14.4. The number of amides is 1. The van der Waals surface area contributed by atoms with E-state index in [0.29, 0.717) is 84.6 Å². The van der Waals surface area contributed by atoms with Crippen molar-refractivity contribution in [3.8, 4) is 17.0 Å². The van der Waals surface area contributed by atoms with Gasteiger partial charge in [-0.05, 0) is 43.5 Å². The Hall–Kier alpha value is -5.21. The smallest absolute Gasteiger partial charge is 0.262 e. The van der Waals surface area contributed by atoms with Gasteiger partial charge in [0, 0.05) is 30.5 Å². The van der Waals surface area contributed by atoms with Crippen molar-refractivity contribution in [3.05, 3.63) is 86.6 Å². The molecule has 0 radical (unpaired) electrons. The maximum Gasteiger partial charge on any atom is 0.262 e. The number of carbonyl (C=O) groups is 1. The summed E-state index contributed by atoms with van der Waals surface area (Å²) in [7, 11) is 0. The number of fused-ring (bicyclic) bond motifs is 2. The van der Waals surface area contributed by atoms with Crippen LogP contribution in [-0.4, -0.2) is 76.5 Å². The number of aromatic nitrogens is 7. The second kappa shape index (κ2) is 12.9. The van der Waals surface area contributed by atoms with Crippen LogP contribution in [0.3, 0.4) is 0 Å². The van der Waals surface area contributed by atoms with Gasteiger partial charge >= 0.3 is 0 Å². The Morgan fingerprint density at radius 1 is 1.06 bits per heavy atom. The zero-order valence-electron chi connectivity index (χ0n) is 25.8. The summed E-state index contributed by atoms with van der Waals surface area (Å²) in [6.45, 7) is 4.61. The number of ether oxygens (including phenoxy) is 1. The summed E-state index contributed by atoms with van der Waals surface area (Å²) in [5.41, 5.74) is 9.91. The summed E-state index contributed by atoms with van der Waals surface area (Å²) in [4.78, 5) is 47.3. The van der Waals surface area contributed by atoms with Gasteiger partial charge in [0.15, 0.2) is 5.65 Å². The topological polar surface area (TPSA) is 167 Å². The van der Waals surface area contributed by atoms with Crippen molar-refractivity contribution in [2.75, 3.05) is 32.0 Å². The predicted molar refractivity (Wildman–Crippen MR) is 178 cm³/mol. The molecule has 1 fully saturated rings. The molecule has 0 saturated carbocycles. The van der Waals surface area contributed by atoms with E-state index in [-0.39, 0.29) is 36.1 Å². The van der Waals surface area contributed by atoms with E-state index >= 15 is 0 Å². The molecule has 1 aliphatic heterocycles. The molecule has 0 bridgehead atoms. The third-order valence-corrected chi connectivity index (χ3v) is 9.13. The van der Waals surface area contributed by atoms with Gasteiger partial charge in [-0.1, -0.05) is 24.3 Å². The first-order valence-electron chi connectivity index (χ1n) is 15.4. The molecule has 4 aromatic heterocycles. The molecule has 0 spiro atoms. The fourth-order valence-corrected chi connectivity index (χ4v) is 6.65. The number of benzene rings is 2. The van der Waals surface area contributed by atoms with Gasteiger partial charge in [0.1, 0.15) is 36.0 Å². The number of anilines is 1. The third kappa shape index (κ3) is 6.16. The second-order valence-corrected chi connectivity index (χ2v) is 12.5. The van der Waals surface area contributed by atoms with Crippen molar-refractivity contribution in [1.82, 2.24) is 39.2 Å². The number of phenolic OH excluding ortho intramolecular Hbond substituents is 1. The monoisotopic (exact) mass is 651 g/mol. The number of aryl methyl sites for hydroxylation is 2. The van der Waals surface area contributed by atoms with Gasteiger partial charge in [0.2, 0.25) is 5.91 Å². The first-order valence-corrected chi connectivity index (χ1v) is 16.3. The molecule has 13 nitrogen and oxygen atoms in total. The highest BCUT2D eigenvalue weighted by Crippen LogP contribution is 2.32. The number of nitrogens with two attached hydrogens (primary N) is 1. The number of phenols is 1. The summed E-state index contributed by atoms with van der Waals surface area (Å²) in [5.74, 6) is 0.909. The Bertz CT molecular complexity index is 2170. The van der Waals surface area contributed by atoms with Crippen LogP contribution in [0.2, 0.25) is 0 Å². The summed E-state index contributed by atoms with van der Waals surface area (Å²) < 4.78 is 8.67. The normalized spacial score (nSPS) is 13.5. The molecule has 3 N–H and O–H groups in total. The number of hydrogen-bond donors (Lipinski definition) is 2. The average Bonchev–Trinajstić information content (AvgIpc) is 3.66.